The lowest BCUT2D eigenvalue weighted by atomic mass is 10.2. The highest BCUT2D eigenvalue weighted by Crippen LogP contribution is 1.98. The van der Waals surface area contributed by atoms with E-state index in [9.17, 15) is 0 Å². The molecular weight excluding hydrogens is 187 g/mol. The second-order valence-electron chi connectivity index (χ2n) is 2.98. The first kappa shape index (κ1) is 11.0. The van der Waals surface area contributed by atoms with Gasteiger partial charge in [0.25, 0.3) is 0 Å². The lowest BCUT2D eigenvalue weighted by Crippen LogP contribution is -1.73. The minimum absolute atomic E-state index is 0. The van der Waals surface area contributed by atoms with Crippen LogP contribution in [0.2, 0.25) is 0 Å². The van der Waals surface area contributed by atoms with Gasteiger partial charge >= 0.3 is 0 Å². The third-order valence-electron chi connectivity index (χ3n) is 1.90. The number of hydrogen-bond donors (Lipinski definition) is 0. The highest BCUT2D eigenvalue weighted by Gasteiger charge is 1.83. The summed E-state index contributed by atoms with van der Waals surface area (Å²) in [5.41, 5.74) is 2.10. The van der Waals surface area contributed by atoms with Crippen LogP contribution < -0.4 is 0 Å². The molecule has 0 atom stereocenters. The second-order valence-corrected chi connectivity index (χ2v) is 2.98. The van der Waals surface area contributed by atoms with Crippen molar-refractivity contribution in [1.82, 2.24) is 0 Å². The third-order valence-corrected chi connectivity index (χ3v) is 1.90. The Morgan fingerprint density at radius 3 is 1.20 bits per heavy atom. The Morgan fingerprint density at radius 2 is 0.867 bits per heavy atom. The van der Waals surface area contributed by atoms with Crippen molar-refractivity contribution in [1.29, 1.82) is 0 Å². The third kappa shape index (κ3) is 3.28. The van der Waals surface area contributed by atoms with Gasteiger partial charge in [-0.2, -0.15) is 0 Å². The topological polar surface area (TPSA) is 0 Å². The van der Waals surface area contributed by atoms with E-state index in [4.69, 9.17) is 0 Å². The smallest absolute Gasteiger partial charge is 0.0249 e. The highest BCUT2D eigenvalue weighted by atomic mass is 19.0. The van der Waals surface area contributed by atoms with Crippen molar-refractivity contribution in [3.8, 4) is 11.8 Å². The van der Waals surface area contributed by atoms with Gasteiger partial charge in [-0.15, -0.1) is 0 Å². The first-order chi connectivity index (χ1) is 6.95. The maximum atomic E-state index is 3.11. The zero-order chi connectivity index (χ0) is 9.64. The quantitative estimate of drug-likeness (QED) is 0.570. The van der Waals surface area contributed by atoms with Crippen LogP contribution in [-0.2, 0) is 0 Å². The standard InChI is InChI=1S/C14H10.FH/c1-3-7-13(8-4-1)11-12-14-9-5-2-6-10-14;/h1-10H;1H. The lowest BCUT2D eigenvalue weighted by Gasteiger charge is -1.88. The fourth-order valence-corrected chi connectivity index (χ4v) is 1.19. The molecule has 0 heterocycles. The first-order valence-electron chi connectivity index (χ1n) is 4.57. The Morgan fingerprint density at radius 1 is 0.533 bits per heavy atom. The van der Waals surface area contributed by atoms with Gasteiger partial charge in [0.05, 0.1) is 0 Å². The monoisotopic (exact) mass is 198 g/mol. The maximum Gasteiger partial charge on any atom is 0.0249 e. The predicted molar refractivity (Wildman–Crippen MR) is 61.4 cm³/mol. The number of hydrogen-bond acceptors (Lipinski definition) is 0. The van der Waals surface area contributed by atoms with Crippen molar-refractivity contribution in [3.63, 3.8) is 0 Å². The van der Waals surface area contributed by atoms with Gasteiger partial charge < -0.3 is 0 Å². The highest BCUT2D eigenvalue weighted by molar-refractivity contribution is 5.42. The van der Waals surface area contributed by atoms with Crippen LogP contribution in [0.3, 0.4) is 0 Å². The summed E-state index contributed by atoms with van der Waals surface area (Å²) in [4.78, 5) is 0. The van der Waals surface area contributed by atoms with Crippen LogP contribution in [0, 0.1) is 11.8 Å². The molecule has 0 aromatic heterocycles. The Bertz CT molecular complexity index is 405. The molecule has 0 radical (unpaired) electrons. The zero-order valence-corrected chi connectivity index (χ0v) is 8.18. The van der Waals surface area contributed by atoms with Gasteiger partial charge in [0, 0.05) is 11.1 Å². The van der Waals surface area contributed by atoms with E-state index >= 15 is 0 Å². The average molecular weight is 198 g/mol. The summed E-state index contributed by atoms with van der Waals surface area (Å²) in [7, 11) is 0. The molecule has 15 heavy (non-hydrogen) atoms. The van der Waals surface area contributed by atoms with Crippen molar-refractivity contribution in [3.05, 3.63) is 71.8 Å². The molecule has 0 amide bonds. The molecule has 0 nitrogen and oxygen atoms in total. The van der Waals surface area contributed by atoms with Gasteiger partial charge in [-0.25, -0.2) is 0 Å². The van der Waals surface area contributed by atoms with E-state index in [2.05, 4.69) is 11.8 Å². The van der Waals surface area contributed by atoms with Crippen LogP contribution in [0.1, 0.15) is 11.1 Å². The lowest BCUT2D eigenvalue weighted by molar-refractivity contribution is 1.11. The summed E-state index contributed by atoms with van der Waals surface area (Å²) in [5.74, 6) is 6.22. The van der Waals surface area contributed by atoms with Crippen LogP contribution in [0.5, 0.6) is 0 Å². The summed E-state index contributed by atoms with van der Waals surface area (Å²) in [6.45, 7) is 0. The number of benzene rings is 2. The molecule has 0 aliphatic carbocycles. The second kappa shape index (κ2) is 5.62. The van der Waals surface area contributed by atoms with Crippen LogP contribution in [0.15, 0.2) is 60.7 Å². The number of rotatable bonds is 0. The van der Waals surface area contributed by atoms with Crippen molar-refractivity contribution in [2.75, 3.05) is 0 Å². The van der Waals surface area contributed by atoms with E-state index in [0.717, 1.165) is 11.1 Å². The van der Waals surface area contributed by atoms with Crippen molar-refractivity contribution in [2.45, 2.75) is 0 Å². The van der Waals surface area contributed by atoms with Crippen LogP contribution in [-0.4, -0.2) is 0 Å². The molecule has 0 unspecified atom stereocenters. The van der Waals surface area contributed by atoms with Gasteiger partial charge in [0.15, 0.2) is 0 Å². The fourth-order valence-electron chi connectivity index (χ4n) is 1.19. The van der Waals surface area contributed by atoms with Gasteiger partial charge in [-0.1, -0.05) is 48.2 Å². The summed E-state index contributed by atoms with van der Waals surface area (Å²) >= 11 is 0. The summed E-state index contributed by atoms with van der Waals surface area (Å²) < 4.78 is 0. The van der Waals surface area contributed by atoms with Crippen molar-refractivity contribution < 1.29 is 4.70 Å². The molecule has 0 spiro atoms. The van der Waals surface area contributed by atoms with E-state index in [1.165, 1.54) is 0 Å². The molecule has 0 aliphatic rings. The van der Waals surface area contributed by atoms with E-state index in [1.807, 2.05) is 60.7 Å². The Kier molecular flexibility index (Phi) is 4.12. The minimum atomic E-state index is 0. The molecule has 1 heteroatoms. The number of halogens is 1. The summed E-state index contributed by atoms with van der Waals surface area (Å²) in [6, 6.07) is 20.0. The Balaban J connectivity index is 0.00000112. The molecule has 0 bridgehead atoms. The average Bonchev–Trinajstić information content (AvgIpc) is 2.29. The van der Waals surface area contributed by atoms with E-state index in [1.54, 1.807) is 0 Å². The van der Waals surface area contributed by atoms with Crippen LogP contribution in [0.4, 0.5) is 4.70 Å². The van der Waals surface area contributed by atoms with Gasteiger partial charge in [-0.3, -0.25) is 4.70 Å². The zero-order valence-electron chi connectivity index (χ0n) is 8.18. The van der Waals surface area contributed by atoms with Crippen molar-refractivity contribution >= 4 is 0 Å². The SMILES string of the molecule is C(#Cc1ccccc1)c1ccccc1.F. The molecule has 74 valence electrons. The summed E-state index contributed by atoms with van der Waals surface area (Å²) in [5, 5.41) is 0. The van der Waals surface area contributed by atoms with Crippen molar-refractivity contribution in [2.24, 2.45) is 0 Å². The molecule has 2 rings (SSSR count). The van der Waals surface area contributed by atoms with Gasteiger partial charge in [0.1, 0.15) is 0 Å². The molecule has 0 saturated carbocycles. The maximum absolute atomic E-state index is 3.11. The van der Waals surface area contributed by atoms with E-state index in [0.29, 0.717) is 0 Å². The molecule has 0 N–H and O–H groups in total. The molecule has 0 fully saturated rings. The van der Waals surface area contributed by atoms with Crippen LogP contribution >= 0.6 is 0 Å². The van der Waals surface area contributed by atoms with Gasteiger partial charge in [-0.05, 0) is 24.3 Å². The van der Waals surface area contributed by atoms with E-state index < -0.39 is 0 Å². The largest absolute Gasteiger partial charge is 0.269 e. The molecule has 0 aliphatic heterocycles. The predicted octanol–water partition coefficient (Wildman–Crippen LogP) is 3.24. The molecular formula is C14H11F. The summed E-state index contributed by atoms with van der Waals surface area (Å²) in [6.07, 6.45) is 0. The van der Waals surface area contributed by atoms with E-state index in [-0.39, 0.29) is 4.70 Å². The Labute approximate surface area is 88.9 Å². The Hall–Kier alpha value is -2.07. The first-order valence-corrected chi connectivity index (χ1v) is 4.57. The molecule has 0 saturated heterocycles. The van der Waals surface area contributed by atoms with Gasteiger partial charge in [0.2, 0.25) is 0 Å². The molecule has 2 aromatic rings. The van der Waals surface area contributed by atoms with Crippen LogP contribution in [0.25, 0.3) is 0 Å². The minimum Gasteiger partial charge on any atom is -0.269 e. The molecule has 2 aromatic carbocycles. The fraction of sp³-hybridized carbons (Fsp3) is 0. The normalized spacial score (nSPS) is 8.27.